The van der Waals surface area contributed by atoms with Gasteiger partial charge in [-0.25, -0.2) is 9.78 Å². The molecule has 3 aromatic rings. The van der Waals surface area contributed by atoms with E-state index in [-0.39, 0.29) is 0 Å². The van der Waals surface area contributed by atoms with Crippen LogP contribution < -0.4 is 16.7 Å². The van der Waals surface area contributed by atoms with E-state index in [1.54, 1.807) is 6.20 Å². The Morgan fingerprint density at radius 3 is 2.67 bits per heavy atom. The molecule has 0 spiro atoms. The zero-order chi connectivity index (χ0) is 14.7. The maximum atomic E-state index is 11.5. The molecule has 0 saturated heterocycles. The molecule has 4 N–H and O–H groups in total. The van der Waals surface area contributed by atoms with Gasteiger partial charge in [0.25, 0.3) is 0 Å². The van der Waals surface area contributed by atoms with E-state index in [0.29, 0.717) is 24.6 Å². The minimum atomic E-state index is -0.415. The molecule has 1 aromatic carbocycles. The van der Waals surface area contributed by atoms with Gasteiger partial charge in [0.2, 0.25) is 0 Å². The maximum Gasteiger partial charge on any atom is 0.348 e. The van der Waals surface area contributed by atoms with Crippen LogP contribution in [0, 0.1) is 0 Å². The molecule has 2 aromatic heterocycles. The molecule has 21 heavy (non-hydrogen) atoms. The lowest BCUT2D eigenvalue weighted by Gasteiger charge is -2.08. The predicted octanol–water partition coefficient (Wildman–Crippen LogP) is 1.39. The zero-order valence-electron chi connectivity index (χ0n) is 11.3. The van der Waals surface area contributed by atoms with Crippen LogP contribution in [0.4, 0.5) is 5.82 Å². The normalized spacial score (nSPS) is 10.7. The van der Waals surface area contributed by atoms with Gasteiger partial charge in [-0.15, -0.1) is 0 Å². The zero-order valence-corrected chi connectivity index (χ0v) is 11.3. The van der Waals surface area contributed by atoms with Crippen LogP contribution >= 0.6 is 0 Å². The molecule has 0 aliphatic rings. The number of anilines is 1. The second-order valence-corrected chi connectivity index (χ2v) is 4.66. The summed E-state index contributed by atoms with van der Waals surface area (Å²) in [6.45, 7) is 1.10. The van der Waals surface area contributed by atoms with Crippen molar-refractivity contribution in [1.82, 2.24) is 15.0 Å². The van der Waals surface area contributed by atoms with Gasteiger partial charge in [0.05, 0.1) is 5.39 Å². The summed E-state index contributed by atoms with van der Waals surface area (Å²) in [4.78, 5) is 22.2. The van der Waals surface area contributed by atoms with Gasteiger partial charge >= 0.3 is 5.69 Å². The van der Waals surface area contributed by atoms with E-state index >= 15 is 0 Å². The van der Waals surface area contributed by atoms with Crippen molar-refractivity contribution in [1.29, 1.82) is 0 Å². The first-order valence-corrected chi connectivity index (χ1v) is 6.63. The second kappa shape index (κ2) is 5.72. The highest BCUT2D eigenvalue weighted by Gasteiger charge is 2.05. The Bertz CT molecular complexity index is 810. The number of benzene rings is 1. The molecule has 0 atom stereocenters. The number of fused-ring (bicyclic) bond motifs is 1. The first kappa shape index (κ1) is 13.3. The van der Waals surface area contributed by atoms with Crippen molar-refractivity contribution in [2.75, 3.05) is 5.32 Å². The number of nitrogens with zero attached hydrogens (tertiary/aromatic N) is 2. The Morgan fingerprint density at radius 1 is 1.14 bits per heavy atom. The third-order valence-corrected chi connectivity index (χ3v) is 3.22. The van der Waals surface area contributed by atoms with E-state index in [1.165, 1.54) is 0 Å². The van der Waals surface area contributed by atoms with Gasteiger partial charge in [-0.2, -0.15) is 4.98 Å². The Kier molecular flexibility index (Phi) is 3.61. The van der Waals surface area contributed by atoms with Gasteiger partial charge in [-0.3, -0.25) is 4.98 Å². The Balaban J connectivity index is 1.85. The number of nitrogens with two attached hydrogens (primary N) is 1. The number of hydrogen-bond donors (Lipinski definition) is 3. The number of H-pyrrole nitrogens is 1. The van der Waals surface area contributed by atoms with E-state index in [2.05, 4.69) is 20.3 Å². The lowest BCUT2D eigenvalue weighted by atomic mass is 10.1. The molecule has 2 heterocycles. The van der Waals surface area contributed by atoms with Crippen molar-refractivity contribution in [3.05, 3.63) is 64.2 Å². The predicted molar refractivity (Wildman–Crippen MR) is 81.8 cm³/mol. The summed E-state index contributed by atoms with van der Waals surface area (Å²) in [7, 11) is 0. The van der Waals surface area contributed by atoms with Crippen LogP contribution in [0.5, 0.6) is 0 Å². The summed E-state index contributed by atoms with van der Waals surface area (Å²) in [6.07, 6.45) is 1.63. The third-order valence-electron chi connectivity index (χ3n) is 3.22. The van der Waals surface area contributed by atoms with Gasteiger partial charge in [0.1, 0.15) is 11.5 Å². The Hall–Kier alpha value is -2.73. The second-order valence-electron chi connectivity index (χ2n) is 4.66. The quantitative estimate of drug-likeness (QED) is 0.671. The fourth-order valence-electron chi connectivity index (χ4n) is 2.10. The average Bonchev–Trinajstić information content (AvgIpc) is 2.53. The van der Waals surface area contributed by atoms with Crippen molar-refractivity contribution in [2.24, 2.45) is 5.73 Å². The Morgan fingerprint density at radius 2 is 1.90 bits per heavy atom. The molecule has 0 fully saturated rings. The minimum absolute atomic E-state index is 0.415. The lowest BCUT2D eigenvalue weighted by Crippen LogP contribution is -2.14. The van der Waals surface area contributed by atoms with Crippen molar-refractivity contribution < 1.29 is 0 Å². The number of aromatic nitrogens is 3. The third kappa shape index (κ3) is 2.90. The first-order valence-electron chi connectivity index (χ1n) is 6.63. The first-order chi connectivity index (χ1) is 10.3. The maximum absolute atomic E-state index is 11.5. The largest absolute Gasteiger partial charge is 0.365 e. The lowest BCUT2D eigenvalue weighted by molar-refractivity contribution is 1.04. The highest BCUT2D eigenvalue weighted by atomic mass is 16.1. The smallest absolute Gasteiger partial charge is 0.348 e. The Labute approximate surface area is 121 Å². The topological polar surface area (TPSA) is 96.7 Å². The van der Waals surface area contributed by atoms with E-state index in [1.807, 2.05) is 36.4 Å². The number of nitrogens with one attached hydrogen (secondary N) is 2. The molecule has 0 radical (unpaired) electrons. The van der Waals surface area contributed by atoms with Gasteiger partial charge in [-0.05, 0) is 23.3 Å². The molecule has 0 bridgehead atoms. The van der Waals surface area contributed by atoms with Crippen LogP contribution in [0.15, 0.2) is 47.4 Å². The van der Waals surface area contributed by atoms with Crippen LogP contribution in [0.1, 0.15) is 11.1 Å². The van der Waals surface area contributed by atoms with E-state index in [9.17, 15) is 4.79 Å². The molecule has 0 amide bonds. The summed E-state index contributed by atoms with van der Waals surface area (Å²) < 4.78 is 0. The van der Waals surface area contributed by atoms with Crippen LogP contribution in [-0.2, 0) is 13.1 Å². The van der Waals surface area contributed by atoms with E-state index in [0.717, 1.165) is 16.5 Å². The average molecular weight is 281 g/mol. The fraction of sp³-hybridized carbons (Fsp3) is 0.133. The highest BCUT2D eigenvalue weighted by molar-refractivity contribution is 5.85. The van der Waals surface area contributed by atoms with Gasteiger partial charge < -0.3 is 11.1 Å². The molecule has 0 aliphatic heterocycles. The SMILES string of the molecule is NCc1ccc(CNc2nc(=O)[nH]c3ncccc23)cc1. The molecule has 106 valence electrons. The summed E-state index contributed by atoms with van der Waals surface area (Å²) in [5, 5.41) is 3.97. The highest BCUT2D eigenvalue weighted by Crippen LogP contribution is 2.16. The van der Waals surface area contributed by atoms with Crippen molar-refractivity contribution in [3.8, 4) is 0 Å². The molecule has 6 nitrogen and oxygen atoms in total. The molecule has 0 aliphatic carbocycles. The summed E-state index contributed by atoms with van der Waals surface area (Å²) in [5.41, 5.74) is 7.86. The van der Waals surface area contributed by atoms with Crippen LogP contribution in [0.3, 0.4) is 0 Å². The summed E-state index contributed by atoms with van der Waals surface area (Å²) in [6, 6.07) is 11.7. The molecular formula is C15H15N5O. The number of aromatic amines is 1. The van der Waals surface area contributed by atoms with Crippen LogP contribution in [0.25, 0.3) is 11.0 Å². The minimum Gasteiger partial charge on any atom is -0.365 e. The van der Waals surface area contributed by atoms with Crippen molar-refractivity contribution in [2.45, 2.75) is 13.1 Å². The van der Waals surface area contributed by atoms with Gasteiger partial charge in [0, 0.05) is 19.3 Å². The van der Waals surface area contributed by atoms with Crippen LogP contribution in [0.2, 0.25) is 0 Å². The standard InChI is InChI=1S/C15H15N5O/c16-8-10-3-5-11(6-4-10)9-18-14-12-2-1-7-17-13(12)19-15(21)20-14/h1-7H,8-9,16H2,(H2,17,18,19,20,21). The number of pyridine rings is 1. The molecule has 6 heteroatoms. The molecule has 3 rings (SSSR count). The molecule has 0 saturated carbocycles. The van der Waals surface area contributed by atoms with Crippen molar-refractivity contribution in [3.63, 3.8) is 0 Å². The molecular weight excluding hydrogens is 266 g/mol. The van der Waals surface area contributed by atoms with Gasteiger partial charge in [0.15, 0.2) is 0 Å². The van der Waals surface area contributed by atoms with Gasteiger partial charge in [-0.1, -0.05) is 24.3 Å². The summed E-state index contributed by atoms with van der Waals surface area (Å²) in [5.74, 6) is 0.532. The van der Waals surface area contributed by atoms with E-state index < -0.39 is 5.69 Å². The van der Waals surface area contributed by atoms with Crippen molar-refractivity contribution >= 4 is 16.9 Å². The van der Waals surface area contributed by atoms with E-state index in [4.69, 9.17) is 5.73 Å². The monoisotopic (exact) mass is 281 g/mol. The molecule has 0 unspecified atom stereocenters. The number of rotatable bonds is 4. The number of hydrogen-bond acceptors (Lipinski definition) is 5. The fourth-order valence-corrected chi connectivity index (χ4v) is 2.10. The van der Waals surface area contributed by atoms with Crippen LogP contribution in [-0.4, -0.2) is 15.0 Å². The summed E-state index contributed by atoms with van der Waals surface area (Å²) >= 11 is 0.